The summed E-state index contributed by atoms with van der Waals surface area (Å²) in [6, 6.07) is 21.0. The Bertz CT molecular complexity index is 1260. The van der Waals surface area contributed by atoms with Crippen LogP contribution in [0, 0.1) is 0 Å². The maximum Gasteiger partial charge on any atom is 0.255 e. The highest BCUT2D eigenvalue weighted by molar-refractivity contribution is 7.98. The first-order valence-electron chi connectivity index (χ1n) is 10.6. The molecule has 3 rings (SSSR count). The summed E-state index contributed by atoms with van der Waals surface area (Å²) >= 11 is 1.63. The number of nitrogens with zero attached hydrogens (tertiary/aromatic N) is 2. The summed E-state index contributed by atoms with van der Waals surface area (Å²) in [4.78, 5) is 13.8. The van der Waals surface area contributed by atoms with Crippen molar-refractivity contribution in [2.75, 3.05) is 27.0 Å². The van der Waals surface area contributed by atoms with Crippen LogP contribution in [0.4, 0.5) is 0 Å². The second-order valence-electron chi connectivity index (χ2n) is 7.34. The van der Waals surface area contributed by atoms with Crippen molar-refractivity contribution < 1.29 is 22.7 Å². The second kappa shape index (κ2) is 12.4. The van der Waals surface area contributed by atoms with Crippen LogP contribution in [0.3, 0.4) is 0 Å². The number of carbonyl (C=O) groups excluding carboxylic acids is 1. The molecule has 0 unspecified atom stereocenters. The zero-order chi connectivity index (χ0) is 25.3. The van der Waals surface area contributed by atoms with Crippen molar-refractivity contribution >= 4 is 33.9 Å². The Morgan fingerprint density at radius 3 is 2.31 bits per heavy atom. The highest BCUT2D eigenvalue weighted by Crippen LogP contribution is 2.31. The van der Waals surface area contributed by atoms with Gasteiger partial charge in [0.1, 0.15) is 0 Å². The van der Waals surface area contributed by atoms with Crippen LogP contribution in [0.2, 0.25) is 0 Å². The number of benzene rings is 3. The number of carbonyl (C=O) groups is 1. The topological polar surface area (TPSA) is 97.3 Å². The van der Waals surface area contributed by atoms with Gasteiger partial charge < -0.3 is 9.47 Å². The maximum atomic E-state index is 13.5. The predicted octanol–water partition coefficient (Wildman–Crippen LogP) is 3.77. The molecule has 0 aliphatic heterocycles. The van der Waals surface area contributed by atoms with E-state index in [-0.39, 0.29) is 17.2 Å². The summed E-state index contributed by atoms with van der Waals surface area (Å²) in [7, 11) is -1.16. The number of rotatable bonds is 11. The summed E-state index contributed by atoms with van der Waals surface area (Å²) in [6.07, 6.45) is 3.49. The SMILES string of the molecule is COc1ccc(S(=O)(=O)N(CC(=O)N/N=C\c2ccc(SC)cc2)Cc2ccccc2)cc1OC. The van der Waals surface area contributed by atoms with E-state index in [1.165, 1.54) is 38.6 Å². The summed E-state index contributed by atoms with van der Waals surface area (Å²) < 4.78 is 38.6. The molecule has 8 nitrogen and oxygen atoms in total. The Morgan fingerprint density at radius 1 is 1.00 bits per heavy atom. The number of hydrogen-bond acceptors (Lipinski definition) is 7. The van der Waals surface area contributed by atoms with Crippen molar-refractivity contribution in [2.45, 2.75) is 16.3 Å². The van der Waals surface area contributed by atoms with E-state index in [9.17, 15) is 13.2 Å². The minimum Gasteiger partial charge on any atom is -0.493 e. The molecule has 0 saturated carbocycles. The fourth-order valence-electron chi connectivity index (χ4n) is 3.20. The third-order valence-electron chi connectivity index (χ3n) is 5.03. The lowest BCUT2D eigenvalue weighted by Gasteiger charge is -2.22. The summed E-state index contributed by atoms with van der Waals surface area (Å²) in [6.45, 7) is -0.418. The Balaban J connectivity index is 1.81. The molecule has 184 valence electrons. The molecule has 1 amide bonds. The van der Waals surface area contributed by atoms with Crippen molar-refractivity contribution in [1.29, 1.82) is 0 Å². The van der Waals surface area contributed by atoms with Crippen molar-refractivity contribution in [2.24, 2.45) is 5.10 Å². The van der Waals surface area contributed by atoms with Crippen LogP contribution < -0.4 is 14.9 Å². The number of hydrazone groups is 1. The van der Waals surface area contributed by atoms with Crippen LogP contribution in [0.15, 0.2) is 87.7 Å². The first kappa shape index (κ1) is 26.3. The van der Waals surface area contributed by atoms with E-state index < -0.39 is 22.5 Å². The van der Waals surface area contributed by atoms with Gasteiger partial charge in [-0.1, -0.05) is 42.5 Å². The zero-order valence-electron chi connectivity index (χ0n) is 19.7. The van der Waals surface area contributed by atoms with Gasteiger partial charge in [-0.15, -0.1) is 11.8 Å². The zero-order valence-corrected chi connectivity index (χ0v) is 21.3. The maximum absolute atomic E-state index is 13.5. The third-order valence-corrected chi connectivity index (χ3v) is 7.56. The van der Waals surface area contributed by atoms with Crippen molar-refractivity contribution in [1.82, 2.24) is 9.73 Å². The average Bonchev–Trinajstić information content (AvgIpc) is 2.88. The molecule has 0 heterocycles. The number of nitrogens with one attached hydrogen (secondary N) is 1. The van der Waals surface area contributed by atoms with E-state index in [4.69, 9.17) is 9.47 Å². The summed E-state index contributed by atoms with van der Waals surface area (Å²) in [5.74, 6) is 0.107. The van der Waals surface area contributed by atoms with Gasteiger partial charge in [-0.3, -0.25) is 4.79 Å². The Morgan fingerprint density at radius 2 is 1.69 bits per heavy atom. The van der Waals surface area contributed by atoms with E-state index in [1.54, 1.807) is 23.9 Å². The van der Waals surface area contributed by atoms with Crippen molar-refractivity contribution in [3.8, 4) is 11.5 Å². The lowest BCUT2D eigenvalue weighted by atomic mass is 10.2. The van der Waals surface area contributed by atoms with Crippen LogP contribution in [0.5, 0.6) is 11.5 Å². The van der Waals surface area contributed by atoms with Crippen molar-refractivity contribution in [3.05, 3.63) is 83.9 Å². The minimum atomic E-state index is -4.05. The molecule has 35 heavy (non-hydrogen) atoms. The summed E-state index contributed by atoms with van der Waals surface area (Å²) in [5, 5.41) is 3.97. The first-order chi connectivity index (χ1) is 16.9. The molecular weight excluding hydrogens is 486 g/mol. The lowest BCUT2D eigenvalue weighted by Crippen LogP contribution is -2.39. The van der Waals surface area contributed by atoms with Gasteiger partial charge in [-0.2, -0.15) is 9.41 Å². The van der Waals surface area contributed by atoms with Crippen LogP contribution >= 0.6 is 11.8 Å². The molecule has 0 aliphatic carbocycles. The van der Waals surface area contributed by atoms with Gasteiger partial charge >= 0.3 is 0 Å². The smallest absolute Gasteiger partial charge is 0.255 e. The summed E-state index contributed by atoms with van der Waals surface area (Å²) in [5.41, 5.74) is 3.96. The average molecular weight is 514 g/mol. The van der Waals surface area contributed by atoms with Gasteiger partial charge in [-0.05, 0) is 41.6 Å². The Labute approximate surface area is 210 Å². The normalized spacial score (nSPS) is 11.5. The highest BCUT2D eigenvalue weighted by Gasteiger charge is 2.28. The van der Waals surface area contributed by atoms with Crippen molar-refractivity contribution in [3.63, 3.8) is 0 Å². The monoisotopic (exact) mass is 513 g/mol. The minimum absolute atomic E-state index is 0.00476. The molecule has 0 fully saturated rings. The molecule has 3 aromatic rings. The number of sulfonamides is 1. The molecule has 0 saturated heterocycles. The van der Waals surface area contributed by atoms with Gasteiger partial charge in [-0.25, -0.2) is 13.8 Å². The molecule has 0 aromatic heterocycles. The van der Waals surface area contributed by atoms with Crippen LogP contribution in [-0.2, 0) is 21.4 Å². The molecule has 0 radical (unpaired) electrons. The molecule has 10 heteroatoms. The largest absolute Gasteiger partial charge is 0.493 e. The van der Waals surface area contributed by atoms with E-state index in [1.807, 2.05) is 48.7 Å². The van der Waals surface area contributed by atoms with Gasteiger partial charge in [0.15, 0.2) is 11.5 Å². The molecule has 0 bridgehead atoms. The fraction of sp³-hybridized carbons (Fsp3) is 0.200. The van der Waals surface area contributed by atoms with E-state index >= 15 is 0 Å². The number of thioether (sulfide) groups is 1. The Hall–Kier alpha value is -3.34. The molecule has 1 N–H and O–H groups in total. The molecule has 3 aromatic carbocycles. The van der Waals surface area contributed by atoms with E-state index in [0.717, 1.165) is 20.3 Å². The van der Waals surface area contributed by atoms with Crippen LogP contribution in [-0.4, -0.2) is 51.9 Å². The second-order valence-corrected chi connectivity index (χ2v) is 10.2. The highest BCUT2D eigenvalue weighted by atomic mass is 32.2. The van der Waals surface area contributed by atoms with Gasteiger partial charge in [0.25, 0.3) is 5.91 Å². The standard InChI is InChI=1S/C25H27N3O5S2/c1-32-23-14-13-22(15-24(23)33-2)35(30,31)28(17-20-7-5-4-6-8-20)18-25(29)27-26-16-19-9-11-21(34-3)12-10-19/h4-16H,17-18H2,1-3H3,(H,27,29)/b26-16-. The van der Waals surface area contributed by atoms with Gasteiger partial charge in [0.2, 0.25) is 10.0 Å². The molecule has 0 spiro atoms. The lowest BCUT2D eigenvalue weighted by molar-refractivity contribution is -0.121. The van der Waals surface area contributed by atoms with Crippen LogP contribution in [0.1, 0.15) is 11.1 Å². The predicted molar refractivity (Wildman–Crippen MR) is 138 cm³/mol. The van der Waals surface area contributed by atoms with E-state index in [0.29, 0.717) is 5.75 Å². The molecule has 0 atom stereocenters. The third kappa shape index (κ3) is 7.08. The van der Waals surface area contributed by atoms with Gasteiger partial charge in [0.05, 0.1) is 31.9 Å². The number of methoxy groups -OCH3 is 2. The van der Waals surface area contributed by atoms with Gasteiger partial charge in [0, 0.05) is 17.5 Å². The fourth-order valence-corrected chi connectivity index (χ4v) is 5.01. The Kier molecular flexibility index (Phi) is 9.30. The van der Waals surface area contributed by atoms with E-state index in [2.05, 4.69) is 10.5 Å². The quantitative estimate of drug-likeness (QED) is 0.238. The number of amides is 1. The first-order valence-corrected chi connectivity index (χ1v) is 13.3. The molecular formula is C25H27N3O5S2. The number of ether oxygens (including phenoxy) is 2. The van der Waals surface area contributed by atoms with Crippen LogP contribution in [0.25, 0.3) is 0 Å². The number of hydrogen-bond donors (Lipinski definition) is 1. The molecule has 0 aliphatic rings.